The highest BCUT2D eigenvalue weighted by Gasteiger charge is 2.16. The molecule has 0 saturated carbocycles. The van der Waals surface area contributed by atoms with Crippen molar-refractivity contribution >= 4 is 5.82 Å². The van der Waals surface area contributed by atoms with Gasteiger partial charge in [-0.3, -0.25) is 4.98 Å². The van der Waals surface area contributed by atoms with Crippen molar-refractivity contribution in [1.29, 1.82) is 0 Å². The van der Waals surface area contributed by atoms with Gasteiger partial charge >= 0.3 is 0 Å². The molecule has 0 aliphatic heterocycles. The lowest BCUT2D eigenvalue weighted by atomic mass is 9.98. The largest absolute Gasteiger partial charge is 0.489 e. The van der Waals surface area contributed by atoms with E-state index in [2.05, 4.69) is 34.1 Å². The zero-order chi connectivity index (χ0) is 15.4. The lowest BCUT2D eigenvalue weighted by molar-refractivity contribution is 0.241. The van der Waals surface area contributed by atoms with E-state index in [0.29, 0.717) is 5.92 Å². The van der Waals surface area contributed by atoms with E-state index in [1.807, 2.05) is 27.0 Å². The van der Waals surface area contributed by atoms with Crippen LogP contribution in [0.5, 0.6) is 5.75 Å². The Hall–Kier alpha value is -2.17. The molecule has 5 heteroatoms. The normalized spacial score (nSPS) is 11.0. The van der Waals surface area contributed by atoms with Crippen LogP contribution in [0.3, 0.4) is 0 Å². The van der Waals surface area contributed by atoms with Crippen molar-refractivity contribution in [3.05, 3.63) is 30.4 Å². The first-order chi connectivity index (χ1) is 10.0. The number of aromatic nitrogens is 3. The van der Waals surface area contributed by atoms with Gasteiger partial charge in [-0.1, -0.05) is 13.8 Å². The third kappa shape index (κ3) is 3.48. The lowest BCUT2D eigenvalue weighted by Gasteiger charge is -2.16. The minimum Gasteiger partial charge on any atom is -0.489 e. The number of anilines is 1. The molecule has 0 amide bonds. The molecule has 21 heavy (non-hydrogen) atoms. The van der Waals surface area contributed by atoms with Crippen LogP contribution in [0.1, 0.15) is 39.2 Å². The number of nitrogens with one attached hydrogen (secondary N) is 1. The van der Waals surface area contributed by atoms with Gasteiger partial charge in [0, 0.05) is 24.4 Å². The number of nitrogens with zero attached hydrogens (tertiary/aromatic N) is 3. The Kier molecular flexibility index (Phi) is 4.73. The molecule has 112 valence electrons. The highest BCUT2D eigenvalue weighted by atomic mass is 16.5. The van der Waals surface area contributed by atoms with Gasteiger partial charge in [0.25, 0.3) is 0 Å². The van der Waals surface area contributed by atoms with Crippen LogP contribution in [0.2, 0.25) is 0 Å². The quantitative estimate of drug-likeness (QED) is 0.911. The molecule has 2 heterocycles. The third-order valence-corrected chi connectivity index (χ3v) is 3.06. The first kappa shape index (κ1) is 15.2. The minimum atomic E-state index is 0.116. The van der Waals surface area contributed by atoms with Crippen LogP contribution in [-0.2, 0) is 0 Å². The lowest BCUT2D eigenvalue weighted by Crippen LogP contribution is -2.07. The number of pyridine rings is 1. The van der Waals surface area contributed by atoms with Gasteiger partial charge in [-0.05, 0) is 25.8 Å². The zero-order valence-electron chi connectivity index (χ0n) is 13.2. The smallest absolute Gasteiger partial charge is 0.138 e. The van der Waals surface area contributed by atoms with Crippen molar-refractivity contribution in [2.24, 2.45) is 0 Å². The van der Waals surface area contributed by atoms with Crippen LogP contribution in [0.25, 0.3) is 11.3 Å². The predicted molar refractivity (Wildman–Crippen MR) is 84.7 cm³/mol. The molecular weight excluding hydrogens is 264 g/mol. The van der Waals surface area contributed by atoms with Gasteiger partial charge in [0.1, 0.15) is 17.9 Å². The van der Waals surface area contributed by atoms with E-state index in [-0.39, 0.29) is 6.10 Å². The molecule has 0 bridgehead atoms. The number of hydrogen-bond donors (Lipinski definition) is 1. The fraction of sp³-hybridized carbons (Fsp3) is 0.438. The van der Waals surface area contributed by atoms with Crippen LogP contribution < -0.4 is 10.1 Å². The maximum Gasteiger partial charge on any atom is 0.138 e. The molecular formula is C16H22N4O. The van der Waals surface area contributed by atoms with Crippen LogP contribution >= 0.6 is 0 Å². The van der Waals surface area contributed by atoms with E-state index in [9.17, 15) is 0 Å². The van der Waals surface area contributed by atoms with Gasteiger partial charge in [-0.25, -0.2) is 9.97 Å². The first-order valence-corrected chi connectivity index (χ1v) is 7.17. The summed E-state index contributed by atoms with van der Waals surface area (Å²) in [6, 6.07) is 1.97. The Morgan fingerprint density at radius 3 is 2.48 bits per heavy atom. The number of ether oxygens (including phenoxy) is 1. The Balaban J connectivity index is 2.51. The molecule has 0 aliphatic rings. The summed E-state index contributed by atoms with van der Waals surface area (Å²) in [6.07, 6.45) is 5.22. The molecule has 0 atom stereocenters. The van der Waals surface area contributed by atoms with Crippen molar-refractivity contribution < 1.29 is 4.74 Å². The van der Waals surface area contributed by atoms with E-state index in [0.717, 1.165) is 28.4 Å². The SMILES string of the molecule is CNc1ncnc(-c2cncc(OC(C)C)c2)c1C(C)C. The van der Waals surface area contributed by atoms with Crippen molar-refractivity contribution in [1.82, 2.24) is 15.0 Å². The van der Waals surface area contributed by atoms with Gasteiger partial charge in [-0.2, -0.15) is 0 Å². The summed E-state index contributed by atoms with van der Waals surface area (Å²) in [6.45, 7) is 8.25. The second-order valence-electron chi connectivity index (χ2n) is 5.47. The summed E-state index contributed by atoms with van der Waals surface area (Å²) in [7, 11) is 1.87. The maximum atomic E-state index is 5.71. The van der Waals surface area contributed by atoms with E-state index in [4.69, 9.17) is 4.74 Å². The Morgan fingerprint density at radius 2 is 1.86 bits per heavy atom. The Bertz CT molecular complexity index is 611. The van der Waals surface area contributed by atoms with Crippen LogP contribution in [0.4, 0.5) is 5.82 Å². The third-order valence-electron chi connectivity index (χ3n) is 3.06. The molecule has 0 aliphatic carbocycles. The molecule has 0 spiro atoms. The molecule has 1 N–H and O–H groups in total. The van der Waals surface area contributed by atoms with Crippen LogP contribution in [-0.4, -0.2) is 28.1 Å². The highest BCUT2D eigenvalue weighted by Crippen LogP contribution is 2.32. The monoisotopic (exact) mass is 286 g/mol. The standard InChI is InChI=1S/C16H22N4O/c1-10(2)14-15(19-9-20-16(14)17-5)12-6-13(8-18-7-12)21-11(3)4/h6-11H,1-5H3,(H,17,19,20). The summed E-state index contributed by atoms with van der Waals surface area (Å²) < 4.78 is 5.71. The number of rotatable bonds is 5. The van der Waals surface area contributed by atoms with E-state index in [1.165, 1.54) is 0 Å². The minimum absolute atomic E-state index is 0.116. The van der Waals surface area contributed by atoms with E-state index in [1.54, 1.807) is 18.7 Å². The summed E-state index contributed by atoms with van der Waals surface area (Å²) in [5.74, 6) is 1.91. The Morgan fingerprint density at radius 1 is 1.10 bits per heavy atom. The molecule has 0 unspecified atom stereocenters. The van der Waals surface area contributed by atoms with Crippen molar-refractivity contribution in [2.45, 2.75) is 39.7 Å². The van der Waals surface area contributed by atoms with Crippen molar-refractivity contribution in [3.63, 3.8) is 0 Å². The number of hydrogen-bond acceptors (Lipinski definition) is 5. The second-order valence-corrected chi connectivity index (χ2v) is 5.47. The fourth-order valence-electron chi connectivity index (χ4n) is 2.26. The topological polar surface area (TPSA) is 59.9 Å². The van der Waals surface area contributed by atoms with Gasteiger partial charge in [0.05, 0.1) is 18.0 Å². The average Bonchev–Trinajstić information content (AvgIpc) is 2.45. The average molecular weight is 286 g/mol. The van der Waals surface area contributed by atoms with Gasteiger partial charge in [-0.15, -0.1) is 0 Å². The fourth-order valence-corrected chi connectivity index (χ4v) is 2.26. The molecule has 5 nitrogen and oxygen atoms in total. The van der Waals surface area contributed by atoms with Crippen LogP contribution in [0, 0.1) is 0 Å². The highest BCUT2D eigenvalue weighted by molar-refractivity contribution is 5.69. The van der Waals surface area contributed by atoms with Crippen LogP contribution in [0.15, 0.2) is 24.8 Å². The van der Waals surface area contributed by atoms with E-state index >= 15 is 0 Å². The summed E-state index contributed by atoms with van der Waals surface area (Å²) in [5.41, 5.74) is 2.92. The van der Waals surface area contributed by atoms with E-state index < -0.39 is 0 Å². The van der Waals surface area contributed by atoms with Gasteiger partial charge in [0.15, 0.2) is 0 Å². The molecule has 2 aromatic rings. The second kappa shape index (κ2) is 6.52. The van der Waals surface area contributed by atoms with Crippen molar-refractivity contribution in [3.8, 4) is 17.0 Å². The summed E-state index contributed by atoms with van der Waals surface area (Å²) >= 11 is 0. The summed E-state index contributed by atoms with van der Waals surface area (Å²) in [5, 5.41) is 3.13. The molecule has 2 aromatic heterocycles. The van der Waals surface area contributed by atoms with Crippen molar-refractivity contribution in [2.75, 3.05) is 12.4 Å². The first-order valence-electron chi connectivity index (χ1n) is 7.17. The molecule has 2 rings (SSSR count). The zero-order valence-corrected chi connectivity index (χ0v) is 13.2. The maximum absolute atomic E-state index is 5.71. The molecule has 0 radical (unpaired) electrons. The molecule has 0 saturated heterocycles. The molecule has 0 fully saturated rings. The molecule has 0 aromatic carbocycles. The Labute approximate surface area is 125 Å². The van der Waals surface area contributed by atoms with Gasteiger partial charge in [0.2, 0.25) is 0 Å². The predicted octanol–water partition coefficient (Wildman–Crippen LogP) is 3.49. The van der Waals surface area contributed by atoms with Gasteiger partial charge < -0.3 is 10.1 Å². The summed E-state index contributed by atoms with van der Waals surface area (Å²) in [4.78, 5) is 13.0.